The predicted octanol–water partition coefficient (Wildman–Crippen LogP) is 5.65. The maximum atomic E-state index is 13.7. The van der Waals surface area contributed by atoms with Crippen LogP contribution in [0.5, 0.6) is 5.75 Å². The smallest absolute Gasteiger partial charge is 0.303 e. The van der Waals surface area contributed by atoms with Gasteiger partial charge in [0.05, 0.1) is 0 Å². The van der Waals surface area contributed by atoms with E-state index >= 15 is 0 Å². The third kappa shape index (κ3) is 9.19. The highest BCUT2D eigenvalue weighted by Crippen LogP contribution is 2.23. The second-order valence-corrected chi connectivity index (χ2v) is 8.68. The summed E-state index contributed by atoms with van der Waals surface area (Å²) in [6, 6.07) is 14.7. The van der Waals surface area contributed by atoms with Crippen molar-refractivity contribution in [1.82, 2.24) is 9.88 Å². The third-order valence-corrected chi connectivity index (χ3v) is 5.59. The number of carboxylic acids is 1. The summed E-state index contributed by atoms with van der Waals surface area (Å²) < 4.78 is 19.5. The van der Waals surface area contributed by atoms with Crippen molar-refractivity contribution < 1.29 is 23.8 Å². The number of aliphatic carboxylic acids is 1. The summed E-state index contributed by atoms with van der Waals surface area (Å²) in [5.74, 6) is -1.01. The molecule has 36 heavy (non-hydrogen) atoms. The number of unbranched alkanes of at least 4 members (excludes halogenated alkanes) is 2. The van der Waals surface area contributed by atoms with Gasteiger partial charge in [-0.25, -0.2) is 4.39 Å². The lowest BCUT2D eigenvalue weighted by atomic mass is 10.1. The van der Waals surface area contributed by atoms with Gasteiger partial charge in [-0.1, -0.05) is 30.2 Å². The number of halogens is 2. The molecule has 190 valence electrons. The van der Waals surface area contributed by atoms with Gasteiger partial charge < -0.3 is 20.1 Å². The Kier molecular flexibility index (Phi) is 10.5. The molecule has 0 saturated heterocycles. The summed E-state index contributed by atoms with van der Waals surface area (Å²) in [5, 5.41) is 12.4. The molecule has 1 amide bonds. The fraction of sp³-hybridized carbons (Fsp3) is 0.296. The lowest BCUT2D eigenvalue weighted by Gasteiger charge is -2.23. The van der Waals surface area contributed by atoms with E-state index in [0.717, 1.165) is 5.69 Å². The number of carbonyl (C=O) groups is 2. The Bertz CT molecular complexity index is 1150. The highest BCUT2D eigenvalue weighted by Gasteiger charge is 2.18. The van der Waals surface area contributed by atoms with Crippen LogP contribution in [0.1, 0.15) is 41.6 Å². The minimum Gasteiger partial charge on any atom is -0.492 e. The molecule has 0 radical (unpaired) electrons. The quantitative estimate of drug-likeness (QED) is 0.270. The van der Waals surface area contributed by atoms with Crippen LogP contribution in [0.4, 0.5) is 10.1 Å². The van der Waals surface area contributed by atoms with Crippen LogP contribution in [0.3, 0.4) is 0 Å². The molecule has 0 unspecified atom stereocenters. The van der Waals surface area contributed by atoms with Crippen LogP contribution in [0.2, 0.25) is 5.02 Å². The van der Waals surface area contributed by atoms with Gasteiger partial charge >= 0.3 is 5.97 Å². The number of carbonyl (C=O) groups excluding carboxylic acids is 1. The molecule has 9 heteroatoms. The first-order valence-electron chi connectivity index (χ1n) is 11.7. The largest absolute Gasteiger partial charge is 0.492 e. The number of nitrogens with one attached hydrogen (secondary N) is 1. The average molecular weight is 514 g/mol. The molecule has 0 aliphatic heterocycles. The van der Waals surface area contributed by atoms with Gasteiger partial charge in [-0.15, -0.1) is 0 Å². The minimum absolute atomic E-state index is 0.0862. The molecule has 0 bridgehead atoms. The fourth-order valence-corrected chi connectivity index (χ4v) is 3.87. The Morgan fingerprint density at radius 1 is 1.06 bits per heavy atom. The van der Waals surface area contributed by atoms with Crippen molar-refractivity contribution >= 4 is 29.2 Å². The Morgan fingerprint density at radius 2 is 1.86 bits per heavy atom. The van der Waals surface area contributed by atoms with Crippen LogP contribution in [-0.2, 0) is 11.3 Å². The maximum Gasteiger partial charge on any atom is 0.303 e. The number of aromatic nitrogens is 1. The third-order valence-electron chi connectivity index (χ3n) is 5.37. The van der Waals surface area contributed by atoms with E-state index < -0.39 is 5.97 Å². The van der Waals surface area contributed by atoms with Gasteiger partial charge in [-0.3, -0.25) is 14.6 Å². The monoisotopic (exact) mass is 513 g/mol. The Balaban J connectivity index is 1.65. The van der Waals surface area contributed by atoms with Crippen LogP contribution in [-0.4, -0.2) is 46.6 Å². The molecule has 3 aromatic rings. The number of benzene rings is 2. The molecular weight excluding hydrogens is 485 g/mol. The fourth-order valence-electron chi connectivity index (χ4n) is 3.65. The maximum absolute atomic E-state index is 13.7. The van der Waals surface area contributed by atoms with E-state index in [9.17, 15) is 14.0 Å². The number of ether oxygens (including phenoxy) is 1. The number of anilines is 1. The molecule has 3 rings (SSSR count). The highest BCUT2D eigenvalue weighted by atomic mass is 35.5. The van der Waals surface area contributed by atoms with Crippen molar-refractivity contribution in [3.63, 3.8) is 0 Å². The molecule has 0 aliphatic rings. The van der Waals surface area contributed by atoms with E-state index in [1.807, 2.05) is 12.1 Å². The predicted molar refractivity (Wildman–Crippen MR) is 137 cm³/mol. The lowest BCUT2D eigenvalue weighted by Crippen LogP contribution is -2.31. The minimum atomic E-state index is -0.842. The topological polar surface area (TPSA) is 91.8 Å². The number of hydrogen-bond donors (Lipinski definition) is 2. The molecule has 1 aromatic heterocycles. The van der Waals surface area contributed by atoms with Crippen LogP contribution in [0.15, 0.2) is 67.0 Å². The van der Waals surface area contributed by atoms with Gasteiger partial charge in [0.25, 0.3) is 5.91 Å². The molecule has 0 spiro atoms. The van der Waals surface area contributed by atoms with E-state index in [-0.39, 0.29) is 24.7 Å². The van der Waals surface area contributed by atoms with Crippen LogP contribution in [0.25, 0.3) is 0 Å². The number of rotatable bonds is 14. The molecular formula is C27H29ClFN3O4. The molecule has 2 aromatic carbocycles. The van der Waals surface area contributed by atoms with Crippen molar-refractivity contribution in [3.8, 4) is 5.75 Å². The zero-order valence-corrected chi connectivity index (χ0v) is 20.6. The summed E-state index contributed by atoms with van der Waals surface area (Å²) in [4.78, 5) is 29.8. The lowest BCUT2D eigenvalue weighted by molar-refractivity contribution is -0.137. The number of nitrogens with zero attached hydrogens (tertiary/aromatic N) is 2. The summed E-state index contributed by atoms with van der Waals surface area (Å²) in [6.07, 6.45) is 5.29. The number of carboxylic acid groups (broad SMARTS) is 1. The molecule has 0 aliphatic carbocycles. The summed E-state index contributed by atoms with van der Waals surface area (Å²) in [6.45, 7) is 1.51. The van der Waals surface area contributed by atoms with Crippen LogP contribution < -0.4 is 10.1 Å². The van der Waals surface area contributed by atoms with Gasteiger partial charge in [-0.05, 0) is 60.9 Å². The first-order chi connectivity index (χ1) is 17.4. The SMILES string of the molecule is O=C(O)CCCCCN(Cc1cccc(F)c1)C(=O)c1cc(Cl)cc(OCCNc2ccncc2)c1. The van der Waals surface area contributed by atoms with Crippen molar-refractivity contribution in [2.45, 2.75) is 32.2 Å². The van der Waals surface area contributed by atoms with Crippen LogP contribution in [0, 0.1) is 5.82 Å². The molecule has 2 N–H and O–H groups in total. The molecule has 0 fully saturated rings. The van der Waals surface area contributed by atoms with Crippen molar-refractivity contribution in [2.75, 3.05) is 25.0 Å². The zero-order valence-electron chi connectivity index (χ0n) is 19.8. The Hall–Kier alpha value is -3.65. The zero-order chi connectivity index (χ0) is 25.8. The number of amides is 1. The number of pyridine rings is 1. The van der Waals surface area contributed by atoms with Gasteiger partial charge in [-0.2, -0.15) is 0 Å². The van der Waals surface area contributed by atoms with Crippen molar-refractivity contribution in [3.05, 3.63) is 89.0 Å². The second kappa shape index (κ2) is 14.0. The van der Waals surface area contributed by atoms with Crippen molar-refractivity contribution in [2.24, 2.45) is 0 Å². The van der Waals surface area contributed by atoms with E-state index in [1.54, 1.807) is 47.6 Å². The molecule has 0 saturated carbocycles. The van der Waals surface area contributed by atoms with Gasteiger partial charge in [0.1, 0.15) is 18.2 Å². The molecule has 1 heterocycles. The number of hydrogen-bond acceptors (Lipinski definition) is 5. The first-order valence-corrected chi connectivity index (χ1v) is 12.1. The molecule has 7 nitrogen and oxygen atoms in total. The van der Waals surface area contributed by atoms with Gasteiger partial charge in [0, 0.05) is 54.7 Å². The van der Waals surface area contributed by atoms with E-state index in [1.165, 1.54) is 12.1 Å². The molecule has 0 atom stereocenters. The van der Waals surface area contributed by atoms with Crippen molar-refractivity contribution in [1.29, 1.82) is 0 Å². The van der Waals surface area contributed by atoms with Gasteiger partial charge in [0.15, 0.2) is 0 Å². The summed E-state index contributed by atoms with van der Waals surface area (Å²) in [7, 11) is 0. The second-order valence-electron chi connectivity index (χ2n) is 8.25. The average Bonchev–Trinajstić information content (AvgIpc) is 2.85. The Labute approximate surface area is 214 Å². The van der Waals surface area contributed by atoms with E-state index in [2.05, 4.69) is 10.3 Å². The first kappa shape index (κ1) is 26.9. The highest BCUT2D eigenvalue weighted by molar-refractivity contribution is 6.31. The van der Waals surface area contributed by atoms with Crippen LogP contribution >= 0.6 is 11.6 Å². The normalized spacial score (nSPS) is 10.6. The Morgan fingerprint density at radius 3 is 2.61 bits per heavy atom. The van der Waals surface area contributed by atoms with E-state index in [0.29, 0.717) is 60.9 Å². The summed E-state index contributed by atoms with van der Waals surface area (Å²) in [5.41, 5.74) is 1.95. The summed E-state index contributed by atoms with van der Waals surface area (Å²) >= 11 is 6.29. The van der Waals surface area contributed by atoms with E-state index in [4.69, 9.17) is 21.4 Å². The van der Waals surface area contributed by atoms with Gasteiger partial charge in [0.2, 0.25) is 0 Å². The standard InChI is InChI=1S/C27H29ClFN3O4/c28-22-16-21(17-25(18-22)36-14-12-31-24-8-10-30-11-9-24)27(35)32(13-3-1-2-7-26(33)34)19-20-5-4-6-23(29)15-20/h4-6,8-11,15-18H,1-3,7,12-14,19H2,(H,30,31)(H,33,34).